The first kappa shape index (κ1) is 18.8. The summed E-state index contributed by atoms with van der Waals surface area (Å²) in [6.07, 6.45) is 0. The topological polar surface area (TPSA) is 41.6 Å². The van der Waals surface area contributed by atoms with Crippen LogP contribution in [0.15, 0.2) is 33.9 Å². The van der Waals surface area contributed by atoms with Gasteiger partial charge in [0.25, 0.3) is 11.7 Å². The smallest absolute Gasteiger partial charge is 0.288 e. The lowest BCUT2D eigenvalue weighted by atomic mass is 10.2. The fraction of sp³-hybridized carbons (Fsp3) is 0.438. The summed E-state index contributed by atoms with van der Waals surface area (Å²) in [6, 6.07) is 5.68. The third-order valence-corrected chi connectivity index (χ3v) is 6.65. The number of thiophene rings is 2. The quantitative estimate of drug-likeness (QED) is 0.710. The molecule has 0 bridgehead atoms. The van der Waals surface area contributed by atoms with Crippen molar-refractivity contribution in [3.05, 3.63) is 38.7 Å². The molecular formula is C16H18F2N2O2S3. The summed E-state index contributed by atoms with van der Waals surface area (Å²) in [5.41, 5.74) is 0. The number of ether oxygens (including phenoxy) is 1. The molecule has 136 valence electrons. The first-order valence-corrected chi connectivity index (χ1v) is 10.4. The predicted octanol–water partition coefficient (Wildman–Crippen LogP) is 3.93. The number of carbonyl (C=O) groups excluding carboxylic acids is 1. The summed E-state index contributed by atoms with van der Waals surface area (Å²) < 4.78 is 30.6. The third kappa shape index (κ3) is 5.01. The molecular weight excluding hydrogens is 386 g/mol. The van der Waals surface area contributed by atoms with Gasteiger partial charge in [-0.15, -0.1) is 22.7 Å². The second kappa shape index (κ2) is 9.09. The molecule has 0 radical (unpaired) electrons. The van der Waals surface area contributed by atoms with Gasteiger partial charge in [-0.2, -0.15) is 8.78 Å². The first-order chi connectivity index (χ1) is 12.1. The number of nitrogens with zero attached hydrogens (tertiary/aromatic N) is 1. The lowest BCUT2D eigenvalue weighted by molar-refractivity contribution is 0.0169. The molecule has 1 N–H and O–H groups in total. The predicted molar refractivity (Wildman–Crippen MR) is 98.0 cm³/mol. The monoisotopic (exact) mass is 404 g/mol. The average molecular weight is 405 g/mol. The van der Waals surface area contributed by atoms with Gasteiger partial charge in [-0.3, -0.25) is 9.69 Å². The number of rotatable bonds is 7. The lowest BCUT2D eigenvalue weighted by Crippen LogP contribution is -2.43. The summed E-state index contributed by atoms with van der Waals surface area (Å²) in [5.74, 6) is -2.83. The zero-order valence-corrected chi connectivity index (χ0v) is 15.8. The highest BCUT2D eigenvalue weighted by atomic mass is 32.2. The fourth-order valence-corrected chi connectivity index (χ4v) is 5.18. The number of carbonyl (C=O) groups is 1. The van der Waals surface area contributed by atoms with Crippen LogP contribution >= 0.6 is 34.4 Å². The molecule has 9 heteroatoms. The summed E-state index contributed by atoms with van der Waals surface area (Å²) in [4.78, 5) is 16.6. The van der Waals surface area contributed by atoms with Crippen molar-refractivity contribution in [1.82, 2.24) is 10.2 Å². The summed E-state index contributed by atoms with van der Waals surface area (Å²) in [7, 11) is 0. The molecule has 1 amide bonds. The van der Waals surface area contributed by atoms with Crippen molar-refractivity contribution in [2.75, 3.05) is 32.8 Å². The minimum Gasteiger partial charge on any atom is -0.379 e. The molecule has 25 heavy (non-hydrogen) atoms. The van der Waals surface area contributed by atoms with Gasteiger partial charge in [0.05, 0.1) is 19.3 Å². The maximum atomic E-state index is 12.6. The molecule has 1 unspecified atom stereocenters. The van der Waals surface area contributed by atoms with Crippen molar-refractivity contribution in [2.24, 2.45) is 0 Å². The number of morpholine rings is 1. The Balaban J connectivity index is 1.66. The Morgan fingerprint density at radius 3 is 2.76 bits per heavy atom. The zero-order chi connectivity index (χ0) is 17.6. The van der Waals surface area contributed by atoms with Gasteiger partial charge in [-0.05, 0) is 22.9 Å². The van der Waals surface area contributed by atoms with E-state index in [0.29, 0.717) is 41.3 Å². The van der Waals surface area contributed by atoms with E-state index >= 15 is 0 Å². The fourth-order valence-electron chi connectivity index (χ4n) is 2.70. The van der Waals surface area contributed by atoms with Gasteiger partial charge in [0.15, 0.2) is 0 Å². The van der Waals surface area contributed by atoms with E-state index in [1.165, 1.54) is 16.2 Å². The molecule has 0 aliphatic carbocycles. The van der Waals surface area contributed by atoms with Crippen LogP contribution in [-0.4, -0.2) is 49.4 Å². The number of amides is 1. The Bertz CT molecular complexity index is 673. The van der Waals surface area contributed by atoms with E-state index in [2.05, 4.69) is 16.3 Å². The van der Waals surface area contributed by atoms with Crippen LogP contribution in [0.3, 0.4) is 0 Å². The highest BCUT2D eigenvalue weighted by molar-refractivity contribution is 7.99. The molecule has 4 nitrogen and oxygen atoms in total. The molecule has 2 aromatic heterocycles. The van der Waals surface area contributed by atoms with Crippen molar-refractivity contribution in [2.45, 2.75) is 16.7 Å². The van der Waals surface area contributed by atoms with E-state index in [4.69, 9.17) is 4.74 Å². The van der Waals surface area contributed by atoms with Crippen LogP contribution in [-0.2, 0) is 4.74 Å². The number of hydrogen-bond donors (Lipinski definition) is 1. The van der Waals surface area contributed by atoms with E-state index in [9.17, 15) is 13.6 Å². The molecule has 1 saturated heterocycles. The van der Waals surface area contributed by atoms with E-state index in [1.807, 2.05) is 11.4 Å². The van der Waals surface area contributed by atoms with Gasteiger partial charge in [-0.1, -0.05) is 17.8 Å². The Morgan fingerprint density at radius 2 is 2.08 bits per heavy atom. The summed E-state index contributed by atoms with van der Waals surface area (Å²) >= 11 is 3.25. The maximum Gasteiger partial charge on any atom is 0.288 e. The van der Waals surface area contributed by atoms with Gasteiger partial charge in [0, 0.05) is 29.4 Å². The molecule has 1 aliphatic rings. The minimum atomic E-state index is -2.53. The molecule has 0 aromatic carbocycles. The summed E-state index contributed by atoms with van der Waals surface area (Å²) in [5, 5.41) is 6.60. The minimum absolute atomic E-state index is 0.0685. The molecule has 2 aromatic rings. The normalized spacial score (nSPS) is 16.9. The van der Waals surface area contributed by atoms with Crippen LogP contribution in [0.25, 0.3) is 0 Å². The molecule has 3 heterocycles. The first-order valence-electron chi connectivity index (χ1n) is 7.81. The van der Waals surface area contributed by atoms with Crippen molar-refractivity contribution >= 4 is 40.3 Å². The Hall–Kier alpha value is -1.00. The van der Waals surface area contributed by atoms with E-state index < -0.39 is 5.76 Å². The van der Waals surface area contributed by atoms with Crippen LogP contribution in [0.4, 0.5) is 8.78 Å². The second-order valence-electron chi connectivity index (χ2n) is 5.38. The van der Waals surface area contributed by atoms with Crippen molar-refractivity contribution in [3.63, 3.8) is 0 Å². The van der Waals surface area contributed by atoms with Gasteiger partial charge in [0.2, 0.25) is 0 Å². The van der Waals surface area contributed by atoms with E-state index in [0.717, 1.165) is 13.1 Å². The number of hydrogen-bond acceptors (Lipinski definition) is 6. The van der Waals surface area contributed by atoms with Crippen molar-refractivity contribution < 1.29 is 18.3 Å². The highest BCUT2D eigenvalue weighted by Crippen LogP contribution is 2.32. The molecule has 3 rings (SSSR count). The molecule has 1 aliphatic heterocycles. The summed E-state index contributed by atoms with van der Waals surface area (Å²) in [6.45, 7) is 3.41. The number of halogens is 2. The molecule has 1 atom stereocenters. The number of nitrogens with one attached hydrogen (secondary N) is 1. The van der Waals surface area contributed by atoms with Crippen LogP contribution in [0.2, 0.25) is 0 Å². The number of alkyl halides is 2. The Labute approximate surface area is 157 Å². The lowest BCUT2D eigenvalue weighted by Gasteiger charge is -2.34. The van der Waals surface area contributed by atoms with E-state index in [-0.39, 0.29) is 11.9 Å². The van der Waals surface area contributed by atoms with Gasteiger partial charge in [0.1, 0.15) is 4.88 Å². The standard InChI is InChI=1S/C16H18F2N2O2S3/c17-16(18)25-13-3-9-24-14(13)15(21)19-10-11(12-2-1-8-23-12)20-4-6-22-7-5-20/h1-3,8-9,11,16H,4-7,10H2,(H,19,21). The van der Waals surface area contributed by atoms with E-state index in [1.54, 1.807) is 22.8 Å². The second-order valence-corrected chi connectivity index (χ2v) is 8.31. The third-order valence-electron chi connectivity index (χ3n) is 3.87. The van der Waals surface area contributed by atoms with Crippen LogP contribution in [0.5, 0.6) is 0 Å². The number of thioether (sulfide) groups is 1. The van der Waals surface area contributed by atoms with Gasteiger partial charge >= 0.3 is 0 Å². The van der Waals surface area contributed by atoms with Crippen LogP contribution in [0, 0.1) is 0 Å². The molecule has 1 fully saturated rings. The van der Waals surface area contributed by atoms with Crippen molar-refractivity contribution in [1.29, 1.82) is 0 Å². The highest BCUT2D eigenvalue weighted by Gasteiger charge is 2.25. The van der Waals surface area contributed by atoms with Gasteiger partial charge in [-0.25, -0.2) is 0 Å². The van der Waals surface area contributed by atoms with Crippen molar-refractivity contribution in [3.8, 4) is 0 Å². The average Bonchev–Trinajstić information content (AvgIpc) is 3.27. The van der Waals surface area contributed by atoms with Gasteiger partial charge < -0.3 is 10.1 Å². The zero-order valence-electron chi connectivity index (χ0n) is 13.3. The maximum absolute atomic E-state index is 12.6. The Morgan fingerprint density at radius 1 is 1.28 bits per heavy atom. The van der Waals surface area contributed by atoms with Crippen LogP contribution < -0.4 is 5.32 Å². The Kier molecular flexibility index (Phi) is 6.83. The molecule has 0 spiro atoms. The SMILES string of the molecule is O=C(NCC(c1cccs1)N1CCOCC1)c1sccc1SC(F)F. The molecule has 0 saturated carbocycles. The largest absolute Gasteiger partial charge is 0.379 e. The van der Waals surface area contributed by atoms with Crippen LogP contribution in [0.1, 0.15) is 20.6 Å².